The van der Waals surface area contributed by atoms with Crippen LogP contribution in [0.1, 0.15) is 18.4 Å². The van der Waals surface area contributed by atoms with E-state index in [9.17, 15) is 0 Å². The van der Waals surface area contributed by atoms with Crippen LogP contribution in [0.25, 0.3) is 0 Å². The SMILES string of the molecule is Cc1ccc(N(C)C2CCCNC2)nc1.Cl. The number of rotatable bonds is 2. The molecular weight excluding hydrogens is 222 g/mol. The standard InChI is InChI=1S/C12H19N3.ClH/c1-10-5-6-12(14-8-10)15(2)11-4-3-7-13-9-11;/h5-6,8,11,13H,3-4,7,9H2,1-2H3;1H. The molecule has 0 radical (unpaired) electrons. The lowest BCUT2D eigenvalue weighted by Crippen LogP contribution is -2.44. The number of halogens is 1. The van der Waals surface area contributed by atoms with E-state index in [1.807, 2.05) is 6.20 Å². The summed E-state index contributed by atoms with van der Waals surface area (Å²) in [5, 5.41) is 3.43. The van der Waals surface area contributed by atoms with Gasteiger partial charge < -0.3 is 10.2 Å². The van der Waals surface area contributed by atoms with E-state index in [1.54, 1.807) is 0 Å². The Hall–Kier alpha value is -0.800. The molecule has 1 unspecified atom stereocenters. The molecule has 0 amide bonds. The summed E-state index contributed by atoms with van der Waals surface area (Å²) in [4.78, 5) is 6.73. The number of aryl methyl sites for hydroxylation is 1. The lowest BCUT2D eigenvalue weighted by molar-refractivity contribution is 0.443. The van der Waals surface area contributed by atoms with Crippen molar-refractivity contribution in [2.45, 2.75) is 25.8 Å². The largest absolute Gasteiger partial charge is 0.355 e. The van der Waals surface area contributed by atoms with Gasteiger partial charge in [-0.3, -0.25) is 0 Å². The van der Waals surface area contributed by atoms with Crippen molar-refractivity contribution in [1.82, 2.24) is 10.3 Å². The summed E-state index contributed by atoms with van der Waals surface area (Å²) in [6, 6.07) is 4.81. The van der Waals surface area contributed by atoms with Crippen molar-refractivity contribution in [3.05, 3.63) is 23.9 Å². The van der Waals surface area contributed by atoms with Crippen molar-refractivity contribution >= 4 is 18.2 Å². The third kappa shape index (κ3) is 3.09. The highest BCUT2D eigenvalue weighted by Gasteiger charge is 2.18. The van der Waals surface area contributed by atoms with Crippen molar-refractivity contribution in [2.75, 3.05) is 25.0 Å². The number of anilines is 1. The molecule has 0 spiro atoms. The first-order chi connectivity index (χ1) is 7.27. The second kappa shape index (κ2) is 6.06. The van der Waals surface area contributed by atoms with Crippen LogP contribution in [0.4, 0.5) is 5.82 Å². The van der Waals surface area contributed by atoms with Crippen LogP contribution in [0.2, 0.25) is 0 Å². The van der Waals surface area contributed by atoms with Gasteiger partial charge in [0.2, 0.25) is 0 Å². The van der Waals surface area contributed by atoms with Gasteiger partial charge in [0.05, 0.1) is 0 Å². The first-order valence-corrected chi connectivity index (χ1v) is 5.63. The molecular formula is C12H20ClN3. The number of nitrogens with zero attached hydrogens (tertiary/aromatic N) is 2. The van der Waals surface area contributed by atoms with E-state index in [2.05, 4.69) is 41.3 Å². The Morgan fingerprint density at radius 2 is 2.25 bits per heavy atom. The number of piperidine rings is 1. The maximum atomic E-state index is 4.45. The van der Waals surface area contributed by atoms with Crippen molar-refractivity contribution in [1.29, 1.82) is 0 Å². The van der Waals surface area contributed by atoms with Crippen LogP contribution in [0.5, 0.6) is 0 Å². The maximum Gasteiger partial charge on any atom is 0.128 e. The summed E-state index contributed by atoms with van der Waals surface area (Å²) < 4.78 is 0. The fraction of sp³-hybridized carbons (Fsp3) is 0.583. The van der Waals surface area contributed by atoms with Crippen molar-refractivity contribution < 1.29 is 0 Å². The monoisotopic (exact) mass is 241 g/mol. The summed E-state index contributed by atoms with van der Waals surface area (Å²) in [7, 11) is 2.13. The Morgan fingerprint density at radius 1 is 1.44 bits per heavy atom. The molecule has 1 saturated heterocycles. The number of hydrogen-bond donors (Lipinski definition) is 1. The molecule has 1 aliphatic heterocycles. The molecule has 0 aliphatic carbocycles. The summed E-state index contributed by atoms with van der Waals surface area (Å²) in [5.74, 6) is 1.08. The number of pyridine rings is 1. The first kappa shape index (κ1) is 13.3. The number of likely N-dealkylation sites (N-methyl/N-ethyl adjacent to an activating group) is 1. The normalized spacial score (nSPS) is 20.0. The summed E-state index contributed by atoms with van der Waals surface area (Å²) >= 11 is 0. The van der Waals surface area contributed by atoms with Crippen LogP contribution in [0.3, 0.4) is 0 Å². The average Bonchev–Trinajstić information content (AvgIpc) is 2.30. The summed E-state index contributed by atoms with van der Waals surface area (Å²) in [6.07, 6.45) is 4.46. The third-order valence-electron chi connectivity index (χ3n) is 3.08. The van der Waals surface area contributed by atoms with Gasteiger partial charge in [-0.05, 0) is 37.9 Å². The van der Waals surface area contributed by atoms with Crippen LogP contribution in [0, 0.1) is 6.92 Å². The van der Waals surface area contributed by atoms with Gasteiger partial charge in [0.15, 0.2) is 0 Å². The molecule has 90 valence electrons. The fourth-order valence-electron chi connectivity index (χ4n) is 2.02. The van der Waals surface area contributed by atoms with E-state index in [4.69, 9.17) is 0 Å². The van der Waals surface area contributed by atoms with Crippen LogP contribution >= 0.6 is 12.4 Å². The minimum absolute atomic E-state index is 0. The van der Waals surface area contributed by atoms with Crippen molar-refractivity contribution in [3.63, 3.8) is 0 Å². The zero-order valence-corrected chi connectivity index (χ0v) is 10.8. The van der Waals surface area contributed by atoms with Crippen LogP contribution in [-0.2, 0) is 0 Å². The molecule has 0 bridgehead atoms. The van der Waals surface area contributed by atoms with E-state index in [0.29, 0.717) is 6.04 Å². The smallest absolute Gasteiger partial charge is 0.128 e. The van der Waals surface area contributed by atoms with E-state index in [-0.39, 0.29) is 12.4 Å². The first-order valence-electron chi connectivity index (χ1n) is 5.63. The number of hydrogen-bond acceptors (Lipinski definition) is 3. The predicted molar refractivity (Wildman–Crippen MR) is 70.5 cm³/mol. The van der Waals surface area contributed by atoms with Crippen LogP contribution in [0.15, 0.2) is 18.3 Å². The molecule has 1 fully saturated rings. The molecule has 0 saturated carbocycles. The molecule has 1 N–H and O–H groups in total. The van der Waals surface area contributed by atoms with Gasteiger partial charge in [-0.1, -0.05) is 6.07 Å². The Bertz CT molecular complexity index is 307. The quantitative estimate of drug-likeness (QED) is 0.859. The summed E-state index contributed by atoms with van der Waals surface area (Å²) in [5.41, 5.74) is 1.22. The average molecular weight is 242 g/mol. The predicted octanol–water partition coefficient (Wildman–Crippen LogP) is 2.00. The summed E-state index contributed by atoms with van der Waals surface area (Å²) in [6.45, 7) is 4.30. The second-order valence-electron chi connectivity index (χ2n) is 4.30. The molecule has 16 heavy (non-hydrogen) atoms. The Kier molecular flexibility index (Phi) is 5.03. The molecule has 3 nitrogen and oxygen atoms in total. The maximum absolute atomic E-state index is 4.45. The second-order valence-corrected chi connectivity index (χ2v) is 4.30. The minimum atomic E-state index is 0. The van der Waals surface area contributed by atoms with E-state index in [1.165, 1.54) is 18.4 Å². The topological polar surface area (TPSA) is 28.2 Å². The van der Waals surface area contributed by atoms with E-state index >= 15 is 0 Å². The number of nitrogens with one attached hydrogen (secondary N) is 1. The highest BCUT2D eigenvalue weighted by molar-refractivity contribution is 5.85. The molecule has 0 aromatic carbocycles. The molecule has 1 atom stereocenters. The van der Waals surface area contributed by atoms with Crippen molar-refractivity contribution in [3.8, 4) is 0 Å². The zero-order chi connectivity index (χ0) is 10.7. The van der Waals surface area contributed by atoms with Gasteiger partial charge in [0, 0.05) is 25.8 Å². The van der Waals surface area contributed by atoms with E-state index in [0.717, 1.165) is 18.9 Å². The third-order valence-corrected chi connectivity index (χ3v) is 3.08. The van der Waals surface area contributed by atoms with Gasteiger partial charge in [0.1, 0.15) is 5.82 Å². The Morgan fingerprint density at radius 3 is 2.81 bits per heavy atom. The zero-order valence-electron chi connectivity index (χ0n) is 9.94. The van der Waals surface area contributed by atoms with Gasteiger partial charge >= 0.3 is 0 Å². The van der Waals surface area contributed by atoms with E-state index < -0.39 is 0 Å². The molecule has 2 rings (SSSR count). The van der Waals surface area contributed by atoms with Gasteiger partial charge in [-0.25, -0.2) is 4.98 Å². The fourth-order valence-corrected chi connectivity index (χ4v) is 2.02. The molecule has 1 aromatic heterocycles. The lowest BCUT2D eigenvalue weighted by atomic mass is 10.1. The molecule has 2 heterocycles. The van der Waals surface area contributed by atoms with Crippen LogP contribution in [-0.4, -0.2) is 31.2 Å². The Balaban J connectivity index is 0.00000128. The molecule has 1 aliphatic rings. The highest BCUT2D eigenvalue weighted by atomic mass is 35.5. The van der Waals surface area contributed by atoms with Gasteiger partial charge in [-0.15, -0.1) is 12.4 Å². The Labute approximate surface area is 104 Å². The highest BCUT2D eigenvalue weighted by Crippen LogP contribution is 2.16. The molecule has 1 aromatic rings. The lowest BCUT2D eigenvalue weighted by Gasteiger charge is -2.32. The van der Waals surface area contributed by atoms with Gasteiger partial charge in [0.25, 0.3) is 0 Å². The van der Waals surface area contributed by atoms with Crippen LogP contribution < -0.4 is 10.2 Å². The van der Waals surface area contributed by atoms with Gasteiger partial charge in [-0.2, -0.15) is 0 Å². The van der Waals surface area contributed by atoms with Crippen molar-refractivity contribution in [2.24, 2.45) is 0 Å². The number of aromatic nitrogens is 1. The minimum Gasteiger partial charge on any atom is -0.355 e. The molecule has 4 heteroatoms.